The van der Waals surface area contributed by atoms with Crippen molar-refractivity contribution >= 4 is 20.2 Å². The molecular weight excluding hydrogens is 574 g/mol. The molecule has 1 heterocycles. The lowest BCUT2D eigenvalue weighted by Crippen LogP contribution is -2.52. The minimum atomic E-state index is -2.18. The molecule has 0 amide bonds. The molecule has 3 aromatic carbocycles. The summed E-state index contributed by atoms with van der Waals surface area (Å²) in [5.41, 5.74) is 2.70. The molecule has 0 bridgehead atoms. The van der Waals surface area contributed by atoms with Crippen molar-refractivity contribution in [1.29, 1.82) is 0 Å². The van der Waals surface area contributed by atoms with Crippen molar-refractivity contribution < 1.29 is 32.9 Å². The first-order valence-electron chi connectivity index (χ1n) is 14.9. The number of rotatable bonds is 14. The van der Waals surface area contributed by atoms with E-state index in [-0.39, 0.29) is 18.3 Å². The van der Waals surface area contributed by atoms with Gasteiger partial charge in [0.15, 0.2) is 20.5 Å². The van der Waals surface area contributed by atoms with Gasteiger partial charge in [-0.2, -0.15) is 0 Å². The summed E-state index contributed by atoms with van der Waals surface area (Å²) in [5.74, 6) is 0.516. The van der Waals surface area contributed by atoms with Crippen LogP contribution in [0.3, 0.4) is 0 Å². The van der Waals surface area contributed by atoms with E-state index in [0.29, 0.717) is 23.8 Å². The van der Waals surface area contributed by atoms with Crippen LogP contribution in [0, 0.1) is 0 Å². The molecule has 44 heavy (non-hydrogen) atoms. The van der Waals surface area contributed by atoms with Gasteiger partial charge >= 0.3 is 5.97 Å². The molecule has 9 heteroatoms. The van der Waals surface area contributed by atoms with Gasteiger partial charge in [-0.3, -0.25) is 0 Å². The Labute approximate surface area is 262 Å². The van der Waals surface area contributed by atoms with Gasteiger partial charge in [-0.25, -0.2) is 9.79 Å². The third-order valence-corrected chi connectivity index (χ3v) is 12.8. The second kappa shape index (κ2) is 15.0. The zero-order valence-electron chi connectivity index (χ0n) is 26.8. The Morgan fingerprint density at radius 1 is 0.864 bits per heavy atom. The molecule has 0 aromatic heterocycles. The predicted molar refractivity (Wildman–Crippen MR) is 173 cm³/mol. The number of hydrogen-bond acceptors (Lipinski definition) is 8. The Kier molecular flexibility index (Phi) is 11.4. The highest BCUT2D eigenvalue weighted by Gasteiger charge is 2.48. The number of carbonyl (C=O) groups is 1. The fraction of sp³-hybridized carbons (Fsp3) is 0.429. The van der Waals surface area contributed by atoms with Crippen LogP contribution in [-0.2, 0) is 41.4 Å². The second-order valence-electron chi connectivity index (χ2n) is 12.4. The lowest BCUT2D eigenvalue weighted by Gasteiger charge is -2.39. The Balaban J connectivity index is 1.70. The van der Waals surface area contributed by atoms with Crippen LogP contribution in [0.15, 0.2) is 89.9 Å². The van der Waals surface area contributed by atoms with E-state index in [4.69, 9.17) is 33.1 Å². The second-order valence-corrected chi connectivity index (χ2v) is 17.2. The number of ether oxygens (including phenoxy) is 5. The third-order valence-electron chi connectivity index (χ3n) is 8.29. The van der Waals surface area contributed by atoms with Crippen LogP contribution in [0.25, 0.3) is 0 Å². The lowest BCUT2D eigenvalue weighted by atomic mass is 10.0. The maximum Gasteiger partial charge on any atom is 0.334 e. The van der Waals surface area contributed by atoms with Gasteiger partial charge in [0.05, 0.1) is 34.0 Å². The first-order chi connectivity index (χ1) is 21.0. The zero-order valence-corrected chi connectivity index (χ0v) is 27.8. The molecular formula is C35H45NO7Si. The zero-order chi connectivity index (χ0) is 31.7. The minimum Gasteiger partial charge on any atom is -0.497 e. The molecule has 3 aromatic rings. The lowest BCUT2D eigenvalue weighted by molar-refractivity contribution is -0.157. The van der Waals surface area contributed by atoms with Gasteiger partial charge in [-0.05, 0) is 53.5 Å². The molecule has 0 saturated carbocycles. The molecule has 1 aliphatic heterocycles. The van der Waals surface area contributed by atoms with Gasteiger partial charge in [-0.15, -0.1) is 0 Å². The van der Waals surface area contributed by atoms with Gasteiger partial charge < -0.3 is 28.1 Å². The van der Waals surface area contributed by atoms with E-state index >= 15 is 0 Å². The maximum atomic E-state index is 13.2. The minimum absolute atomic E-state index is 0.0135. The quantitative estimate of drug-likeness (QED) is 0.149. The normalized spacial score (nSPS) is 18.2. The van der Waals surface area contributed by atoms with Crippen molar-refractivity contribution in [1.82, 2.24) is 0 Å². The van der Waals surface area contributed by atoms with Crippen LogP contribution >= 0.6 is 0 Å². The van der Waals surface area contributed by atoms with E-state index in [2.05, 4.69) is 33.9 Å². The molecule has 0 aliphatic carbocycles. The summed E-state index contributed by atoms with van der Waals surface area (Å²) in [6.45, 7) is 11.9. The average Bonchev–Trinajstić information content (AvgIpc) is 3.47. The van der Waals surface area contributed by atoms with E-state index in [1.807, 2.05) is 84.9 Å². The molecule has 4 rings (SSSR count). The number of esters is 1. The van der Waals surface area contributed by atoms with E-state index in [0.717, 1.165) is 11.1 Å². The molecule has 0 unspecified atom stereocenters. The Morgan fingerprint density at radius 2 is 1.43 bits per heavy atom. The Hall–Kier alpha value is -3.50. The highest BCUT2D eigenvalue weighted by molar-refractivity contribution is 6.74. The van der Waals surface area contributed by atoms with Crippen LogP contribution in [0.4, 0.5) is 0 Å². The van der Waals surface area contributed by atoms with Gasteiger partial charge in [0, 0.05) is 5.56 Å². The largest absolute Gasteiger partial charge is 0.497 e. The van der Waals surface area contributed by atoms with Gasteiger partial charge in [-0.1, -0.05) is 81.4 Å². The summed E-state index contributed by atoms with van der Waals surface area (Å²) in [4.78, 5) is 17.9. The van der Waals surface area contributed by atoms with Crippen LogP contribution < -0.4 is 4.74 Å². The molecule has 0 radical (unpaired) electrons. The first kappa shape index (κ1) is 33.4. The monoisotopic (exact) mass is 619 g/mol. The molecule has 4 atom stereocenters. The first-order valence-corrected chi connectivity index (χ1v) is 17.8. The predicted octanol–water partition coefficient (Wildman–Crippen LogP) is 6.57. The van der Waals surface area contributed by atoms with Crippen molar-refractivity contribution in [3.8, 4) is 5.75 Å². The highest BCUT2D eigenvalue weighted by Crippen LogP contribution is 2.37. The summed E-state index contributed by atoms with van der Waals surface area (Å²) >= 11 is 0. The molecule has 0 fully saturated rings. The van der Waals surface area contributed by atoms with Crippen LogP contribution in [0.5, 0.6) is 5.75 Å². The summed E-state index contributed by atoms with van der Waals surface area (Å²) in [6.07, 6.45) is -2.14. The van der Waals surface area contributed by atoms with Gasteiger partial charge in [0.2, 0.25) is 5.90 Å². The molecule has 0 saturated heterocycles. The summed E-state index contributed by atoms with van der Waals surface area (Å²) in [6, 6.07) is 26.2. The number of hydrogen-bond donors (Lipinski definition) is 0. The van der Waals surface area contributed by atoms with Crippen LogP contribution in [0.2, 0.25) is 18.1 Å². The van der Waals surface area contributed by atoms with E-state index in [1.165, 1.54) is 7.11 Å². The fourth-order valence-corrected chi connectivity index (χ4v) is 5.57. The molecule has 8 nitrogen and oxygen atoms in total. The number of methoxy groups -OCH3 is 2. The number of aliphatic imine (C=N–C) groups is 1. The third kappa shape index (κ3) is 8.56. The number of carbonyl (C=O) groups excluding carboxylic acids is 1. The topological polar surface area (TPSA) is 84.8 Å². The number of benzene rings is 3. The highest BCUT2D eigenvalue weighted by atomic mass is 28.4. The SMILES string of the molecule is COC(=O)[C@H]1N=C(c2ccc(OC)cc2)O[C@H]1[C@H](OCc1ccccc1)[C@H](CO[Si](C)(C)C(C)(C)C)OCc1ccccc1. The summed E-state index contributed by atoms with van der Waals surface area (Å²) in [5, 5.41) is -0.0135. The molecule has 236 valence electrons. The van der Waals surface area contributed by atoms with Crippen molar-refractivity contribution in [3.63, 3.8) is 0 Å². The average molecular weight is 620 g/mol. The fourth-order valence-electron chi connectivity index (χ4n) is 4.56. The van der Waals surface area contributed by atoms with Gasteiger partial charge in [0.25, 0.3) is 0 Å². The van der Waals surface area contributed by atoms with Crippen molar-refractivity contribution in [2.75, 3.05) is 20.8 Å². The van der Waals surface area contributed by atoms with Crippen molar-refractivity contribution in [2.45, 2.75) is 76.5 Å². The van der Waals surface area contributed by atoms with Gasteiger partial charge in [0.1, 0.15) is 18.0 Å². The summed E-state index contributed by atoms with van der Waals surface area (Å²) < 4.78 is 37.0. The van der Waals surface area contributed by atoms with E-state index < -0.39 is 38.6 Å². The summed E-state index contributed by atoms with van der Waals surface area (Å²) in [7, 11) is 0.783. The Morgan fingerprint density at radius 3 is 1.95 bits per heavy atom. The van der Waals surface area contributed by atoms with E-state index in [9.17, 15) is 4.79 Å². The van der Waals surface area contributed by atoms with Crippen LogP contribution in [-0.4, -0.2) is 65.4 Å². The standard InChI is InChI=1S/C35H45NO7Si/c1-35(2,3)44(6,7)42-24-29(40-22-25-14-10-8-11-15-25)31(41-23-26-16-12-9-13-17-26)32-30(34(37)39-5)36-33(43-32)27-18-20-28(38-4)21-19-27/h8-21,29-32H,22-24H2,1-7H3/t29-,30-,31+,32+/m0/s1. The van der Waals surface area contributed by atoms with E-state index in [1.54, 1.807) is 7.11 Å². The van der Waals surface area contributed by atoms with Crippen LogP contribution in [0.1, 0.15) is 37.5 Å². The van der Waals surface area contributed by atoms with Crippen molar-refractivity contribution in [3.05, 3.63) is 102 Å². The molecule has 0 N–H and O–H groups in total. The van der Waals surface area contributed by atoms with Crippen molar-refractivity contribution in [2.24, 2.45) is 4.99 Å². The molecule has 1 aliphatic rings. The maximum absolute atomic E-state index is 13.2. The molecule has 0 spiro atoms. The smallest absolute Gasteiger partial charge is 0.334 e. The number of nitrogens with zero attached hydrogens (tertiary/aromatic N) is 1. The Bertz CT molecular complexity index is 1360.